The van der Waals surface area contributed by atoms with E-state index < -0.39 is 6.09 Å². The van der Waals surface area contributed by atoms with Crippen molar-refractivity contribution in [2.45, 2.75) is 13.8 Å². The van der Waals surface area contributed by atoms with Gasteiger partial charge in [0.1, 0.15) is 23.0 Å². The number of alkyl carbamates (subject to hydrolysis) is 1. The summed E-state index contributed by atoms with van der Waals surface area (Å²) in [6.07, 6.45) is 0.844. The molecule has 0 spiro atoms. The Morgan fingerprint density at radius 1 is 1.12 bits per heavy atom. The van der Waals surface area contributed by atoms with Crippen LogP contribution in [0.3, 0.4) is 0 Å². The molecular weight excluding hydrogens is 432 g/mol. The fourth-order valence-electron chi connectivity index (χ4n) is 2.70. The molecule has 3 N–H and O–H groups in total. The average Bonchev–Trinajstić information content (AvgIpc) is 3.08. The summed E-state index contributed by atoms with van der Waals surface area (Å²) in [6.45, 7) is 4.02. The third kappa shape index (κ3) is 6.25. The summed E-state index contributed by atoms with van der Waals surface area (Å²) in [5.74, 6) is 1.10. The number of hydrogen-bond donors (Lipinski definition) is 3. The smallest absolute Gasteiger partial charge is 0.414 e. The van der Waals surface area contributed by atoms with E-state index in [1.807, 2.05) is 6.92 Å². The zero-order chi connectivity index (χ0) is 23.1. The topological polar surface area (TPSA) is 119 Å². The van der Waals surface area contributed by atoms with Crippen LogP contribution in [-0.4, -0.2) is 38.5 Å². The number of aryl methyl sites for hydroxylation is 2. The number of rotatable bonds is 6. The zero-order valence-electron chi connectivity index (χ0n) is 17.7. The van der Waals surface area contributed by atoms with E-state index in [-0.39, 0.29) is 11.1 Å². The van der Waals surface area contributed by atoms with E-state index >= 15 is 0 Å². The maximum Gasteiger partial charge on any atom is 0.414 e. The first-order valence-electron chi connectivity index (χ1n) is 9.66. The predicted molar refractivity (Wildman–Crippen MR) is 123 cm³/mol. The highest BCUT2D eigenvalue weighted by Gasteiger charge is 2.12. The molecule has 2 aromatic heterocycles. The summed E-state index contributed by atoms with van der Waals surface area (Å²) < 4.78 is 12.2. The molecule has 32 heavy (non-hydrogen) atoms. The second-order valence-electron chi connectivity index (χ2n) is 6.59. The van der Waals surface area contributed by atoms with Gasteiger partial charge in [-0.3, -0.25) is 9.48 Å². The Balaban J connectivity index is 1.59. The molecule has 3 aromatic rings. The Bertz CT molecular complexity index is 1130. The number of benzene rings is 1. The van der Waals surface area contributed by atoms with Gasteiger partial charge in [0.05, 0.1) is 11.9 Å². The fourth-order valence-corrected chi connectivity index (χ4v) is 2.88. The molecule has 0 aliphatic carbocycles. The number of hydrogen-bond acceptors (Lipinski definition) is 7. The lowest BCUT2D eigenvalue weighted by molar-refractivity contribution is 0.101. The minimum absolute atomic E-state index is 0.121. The van der Waals surface area contributed by atoms with Crippen molar-refractivity contribution >= 4 is 40.9 Å². The molecule has 11 heteroatoms. The highest BCUT2D eigenvalue weighted by atomic mass is 32.1. The molecule has 0 unspecified atom stereocenters. The molecule has 0 saturated carbocycles. The third-order valence-corrected chi connectivity index (χ3v) is 4.22. The molecule has 0 fully saturated rings. The lowest BCUT2D eigenvalue weighted by Crippen LogP contribution is -2.28. The number of carbonyl (C=O) groups excluding carboxylic acids is 2. The van der Waals surface area contributed by atoms with Crippen LogP contribution in [-0.2, 0) is 11.8 Å². The fraction of sp³-hybridized carbons (Fsp3) is 0.190. The van der Waals surface area contributed by atoms with Gasteiger partial charge >= 0.3 is 6.09 Å². The number of amides is 2. The van der Waals surface area contributed by atoms with Crippen molar-refractivity contribution in [3.8, 4) is 11.5 Å². The number of aromatic nitrogens is 3. The predicted octanol–water partition coefficient (Wildman–Crippen LogP) is 3.61. The monoisotopic (exact) mass is 454 g/mol. The molecule has 0 aliphatic heterocycles. The van der Waals surface area contributed by atoms with Crippen LogP contribution >= 0.6 is 12.2 Å². The summed E-state index contributed by atoms with van der Waals surface area (Å²) in [5.41, 5.74) is 1.79. The molecule has 0 aliphatic rings. The summed E-state index contributed by atoms with van der Waals surface area (Å²) in [6, 6.07) is 12.0. The van der Waals surface area contributed by atoms with Gasteiger partial charge in [0.25, 0.3) is 11.1 Å². The average molecular weight is 455 g/mol. The molecule has 0 saturated heterocycles. The SMILES string of the molecule is CCNC(=O)OC(=S)Nc1ccc(Oc2cccc(NC(=O)c3cc(C)nn3C)c2)cn1. The molecule has 0 bridgehead atoms. The highest BCUT2D eigenvalue weighted by Crippen LogP contribution is 2.24. The van der Waals surface area contributed by atoms with Gasteiger partial charge < -0.3 is 25.4 Å². The third-order valence-electron chi connectivity index (χ3n) is 4.04. The molecular formula is C21H22N6O4S. The summed E-state index contributed by atoms with van der Waals surface area (Å²) in [4.78, 5) is 28.0. The number of ether oxygens (including phenoxy) is 2. The quantitative estimate of drug-likeness (QED) is 0.483. The van der Waals surface area contributed by atoms with Gasteiger partial charge in [0.15, 0.2) is 0 Å². The van der Waals surface area contributed by atoms with Crippen molar-refractivity contribution < 1.29 is 19.1 Å². The molecule has 0 radical (unpaired) electrons. The van der Waals surface area contributed by atoms with Crippen LogP contribution < -0.4 is 20.7 Å². The van der Waals surface area contributed by atoms with Gasteiger partial charge in [-0.15, -0.1) is 0 Å². The van der Waals surface area contributed by atoms with Gasteiger partial charge in [-0.1, -0.05) is 6.07 Å². The molecule has 166 valence electrons. The van der Waals surface area contributed by atoms with E-state index in [9.17, 15) is 9.59 Å². The van der Waals surface area contributed by atoms with Crippen molar-refractivity contribution in [2.75, 3.05) is 17.2 Å². The zero-order valence-corrected chi connectivity index (χ0v) is 18.5. The van der Waals surface area contributed by atoms with Crippen LogP contribution in [0.25, 0.3) is 0 Å². The van der Waals surface area contributed by atoms with Crippen molar-refractivity contribution in [3.63, 3.8) is 0 Å². The maximum atomic E-state index is 12.5. The van der Waals surface area contributed by atoms with Gasteiger partial charge in [0.2, 0.25) is 0 Å². The minimum Gasteiger partial charge on any atom is -0.456 e. The lowest BCUT2D eigenvalue weighted by Gasteiger charge is -2.10. The van der Waals surface area contributed by atoms with E-state index in [0.29, 0.717) is 35.2 Å². The second kappa shape index (κ2) is 10.4. The Morgan fingerprint density at radius 2 is 1.94 bits per heavy atom. The molecule has 2 amide bonds. The van der Waals surface area contributed by atoms with Gasteiger partial charge in [-0.2, -0.15) is 5.10 Å². The number of nitrogens with one attached hydrogen (secondary N) is 3. The van der Waals surface area contributed by atoms with Crippen molar-refractivity contribution in [1.29, 1.82) is 0 Å². The Morgan fingerprint density at radius 3 is 2.59 bits per heavy atom. The largest absolute Gasteiger partial charge is 0.456 e. The molecule has 2 heterocycles. The van der Waals surface area contributed by atoms with E-state index in [1.165, 1.54) is 10.9 Å². The molecule has 0 atom stereocenters. The van der Waals surface area contributed by atoms with Gasteiger partial charge in [-0.05, 0) is 56.4 Å². The normalized spacial score (nSPS) is 10.2. The number of anilines is 2. The van der Waals surface area contributed by atoms with E-state index in [2.05, 4.69) is 26.0 Å². The van der Waals surface area contributed by atoms with Crippen LogP contribution in [0.2, 0.25) is 0 Å². The lowest BCUT2D eigenvalue weighted by atomic mass is 10.2. The van der Waals surface area contributed by atoms with Crippen molar-refractivity contribution in [1.82, 2.24) is 20.1 Å². The Kier molecular flexibility index (Phi) is 7.34. The second-order valence-corrected chi connectivity index (χ2v) is 6.96. The van der Waals surface area contributed by atoms with Crippen molar-refractivity contribution in [2.24, 2.45) is 7.05 Å². The van der Waals surface area contributed by atoms with E-state index in [0.717, 1.165) is 5.69 Å². The van der Waals surface area contributed by atoms with E-state index in [4.69, 9.17) is 21.7 Å². The Hall–Kier alpha value is -3.99. The first-order chi connectivity index (χ1) is 15.3. The first kappa shape index (κ1) is 22.7. The molecule has 1 aromatic carbocycles. The van der Waals surface area contributed by atoms with Crippen LogP contribution in [0.15, 0.2) is 48.7 Å². The molecule has 3 rings (SSSR count). The van der Waals surface area contributed by atoms with Crippen molar-refractivity contribution in [3.05, 3.63) is 60.0 Å². The highest BCUT2D eigenvalue weighted by molar-refractivity contribution is 7.80. The number of pyridine rings is 1. The van der Waals surface area contributed by atoms with E-state index in [1.54, 1.807) is 56.4 Å². The minimum atomic E-state index is -0.643. The van der Waals surface area contributed by atoms with Crippen LogP contribution in [0.4, 0.5) is 16.3 Å². The first-order valence-corrected chi connectivity index (χ1v) is 10.1. The summed E-state index contributed by atoms with van der Waals surface area (Å²) in [7, 11) is 1.71. The van der Waals surface area contributed by atoms with Crippen LogP contribution in [0.5, 0.6) is 11.5 Å². The van der Waals surface area contributed by atoms with Gasteiger partial charge in [-0.25, -0.2) is 9.78 Å². The standard InChI is InChI=1S/C21H22N6O4S/c1-4-22-20(29)31-21(32)25-18-9-8-16(12-23-18)30-15-7-5-6-14(11-15)24-19(28)17-10-13(2)26-27(17)3/h5-12H,4H2,1-3H3,(H,22,29)(H,24,28)(H,23,25,32). The van der Waals surface area contributed by atoms with Crippen LogP contribution in [0, 0.1) is 6.92 Å². The summed E-state index contributed by atoms with van der Waals surface area (Å²) >= 11 is 4.95. The Labute approximate surface area is 189 Å². The number of thiocarbonyl (C=S) groups is 1. The maximum absolute atomic E-state index is 12.5. The number of carbonyl (C=O) groups is 2. The summed E-state index contributed by atoms with van der Waals surface area (Å²) in [5, 5.41) is 12.1. The van der Waals surface area contributed by atoms with Crippen LogP contribution in [0.1, 0.15) is 23.1 Å². The van der Waals surface area contributed by atoms with Gasteiger partial charge in [0, 0.05) is 25.3 Å². The molecule has 10 nitrogen and oxygen atoms in total. The number of nitrogens with zero attached hydrogens (tertiary/aromatic N) is 3.